The average Bonchev–Trinajstić information content (AvgIpc) is 2.49. The highest BCUT2D eigenvalue weighted by atomic mass is 16.4. The Morgan fingerprint density at radius 1 is 1.14 bits per heavy atom. The third kappa shape index (κ3) is 8.06. The van der Waals surface area contributed by atoms with Crippen LogP contribution in [-0.4, -0.2) is 53.2 Å². The SMILES string of the molecule is O=C(O)CCN(CCCO)CC(=O)NCc1ccccc1. The van der Waals surface area contributed by atoms with E-state index in [9.17, 15) is 9.59 Å². The maximum absolute atomic E-state index is 11.9. The van der Waals surface area contributed by atoms with Crippen molar-refractivity contribution in [3.8, 4) is 0 Å². The van der Waals surface area contributed by atoms with E-state index in [0.29, 0.717) is 26.1 Å². The first-order valence-corrected chi connectivity index (χ1v) is 6.97. The lowest BCUT2D eigenvalue weighted by Crippen LogP contribution is -2.38. The molecule has 0 saturated heterocycles. The molecular formula is C15H22N2O4. The van der Waals surface area contributed by atoms with Gasteiger partial charge in [0, 0.05) is 26.2 Å². The van der Waals surface area contributed by atoms with E-state index in [4.69, 9.17) is 10.2 Å². The molecule has 1 aromatic rings. The van der Waals surface area contributed by atoms with Crippen molar-refractivity contribution >= 4 is 11.9 Å². The number of aliphatic hydroxyl groups is 1. The number of aliphatic hydroxyl groups excluding tert-OH is 1. The Morgan fingerprint density at radius 2 is 1.86 bits per heavy atom. The minimum absolute atomic E-state index is 0.0165. The lowest BCUT2D eigenvalue weighted by atomic mass is 10.2. The first kappa shape index (κ1) is 17.1. The van der Waals surface area contributed by atoms with Crippen molar-refractivity contribution in [1.82, 2.24) is 10.2 Å². The number of carboxylic acids is 1. The van der Waals surface area contributed by atoms with Gasteiger partial charge in [0.15, 0.2) is 0 Å². The average molecular weight is 294 g/mol. The first-order valence-electron chi connectivity index (χ1n) is 6.97. The summed E-state index contributed by atoms with van der Waals surface area (Å²) in [5.74, 6) is -1.05. The zero-order valence-electron chi connectivity index (χ0n) is 12.0. The molecule has 0 aliphatic heterocycles. The quantitative estimate of drug-likeness (QED) is 0.583. The van der Waals surface area contributed by atoms with Gasteiger partial charge >= 0.3 is 5.97 Å². The second-order valence-corrected chi connectivity index (χ2v) is 4.76. The van der Waals surface area contributed by atoms with Gasteiger partial charge in [0.25, 0.3) is 0 Å². The highest BCUT2D eigenvalue weighted by Gasteiger charge is 2.11. The topological polar surface area (TPSA) is 89.9 Å². The number of carbonyl (C=O) groups excluding carboxylic acids is 1. The molecule has 1 aromatic carbocycles. The zero-order chi connectivity index (χ0) is 15.5. The molecule has 3 N–H and O–H groups in total. The number of nitrogens with one attached hydrogen (secondary N) is 1. The van der Waals surface area contributed by atoms with Crippen molar-refractivity contribution in [2.24, 2.45) is 0 Å². The molecule has 0 atom stereocenters. The van der Waals surface area contributed by atoms with Gasteiger partial charge < -0.3 is 15.5 Å². The Morgan fingerprint density at radius 3 is 2.48 bits per heavy atom. The summed E-state index contributed by atoms with van der Waals surface area (Å²) in [6.45, 7) is 1.42. The van der Waals surface area contributed by atoms with Gasteiger partial charge in [-0.15, -0.1) is 0 Å². The second-order valence-electron chi connectivity index (χ2n) is 4.76. The van der Waals surface area contributed by atoms with E-state index in [-0.39, 0.29) is 25.5 Å². The third-order valence-electron chi connectivity index (χ3n) is 2.97. The van der Waals surface area contributed by atoms with Gasteiger partial charge in [0.05, 0.1) is 13.0 Å². The van der Waals surface area contributed by atoms with Crippen LogP contribution in [0.4, 0.5) is 0 Å². The van der Waals surface area contributed by atoms with E-state index in [1.54, 1.807) is 4.90 Å². The monoisotopic (exact) mass is 294 g/mol. The number of amides is 1. The Bertz CT molecular complexity index is 437. The van der Waals surface area contributed by atoms with Crippen LogP contribution >= 0.6 is 0 Å². The van der Waals surface area contributed by atoms with Crippen LogP contribution < -0.4 is 5.32 Å². The predicted molar refractivity (Wildman–Crippen MR) is 78.7 cm³/mol. The Hall–Kier alpha value is -1.92. The number of nitrogens with zero attached hydrogens (tertiary/aromatic N) is 1. The molecule has 0 radical (unpaired) electrons. The Kier molecular flexibility index (Phi) is 8.08. The molecule has 0 saturated carbocycles. The van der Waals surface area contributed by atoms with Crippen LogP contribution in [0.15, 0.2) is 30.3 Å². The molecule has 1 amide bonds. The van der Waals surface area contributed by atoms with Gasteiger partial charge in [-0.3, -0.25) is 14.5 Å². The Labute approximate surface area is 124 Å². The summed E-state index contributed by atoms with van der Waals surface area (Å²) in [4.78, 5) is 24.2. The number of carboxylic acid groups (broad SMARTS) is 1. The molecule has 116 valence electrons. The van der Waals surface area contributed by atoms with Gasteiger partial charge in [0.1, 0.15) is 0 Å². The summed E-state index contributed by atoms with van der Waals surface area (Å²) < 4.78 is 0. The van der Waals surface area contributed by atoms with Gasteiger partial charge in [0.2, 0.25) is 5.91 Å². The highest BCUT2D eigenvalue weighted by molar-refractivity contribution is 5.78. The molecule has 0 heterocycles. The van der Waals surface area contributed by atoms with Crippen LogP contribution in [0.3, 0.4) is 0 Å². The van der Waals surface area contributed by atoms with Crippen LogP contribution in [0.1, 0.15) is 18.4 Å². The van der Waals surface area contributed by atoms with E-state index < -0.39 is 5.97 Å². The van der Waals surface area contributed by atoms with Crippen molar-refractivity contribution < 1.29 is 19.8 Å². The summed E-state index contributed by atoms with van der Waals surface area (Å²) >= 11 is 0. The molecule has 0 aromatic heterocycles. The minimum atomic E-state index is -0.895. The molecule has 0 spiro atoms. The van der Waals surface area contributed by atoms with E-state index in [1.807, 2.05) is 30.3 Å². The molecule has 0 unspecified atom stereocenters. The molecule has 0 aliphatic rings. The van der Waals surface area contributed by atoms with Crippen molar-refractivity contribution in [2.75, 3.05) is 26.2 Å². The van der Waals surface area contributed by atoms with Crippen molar-refractivity contribution in [2.45, 2.75) is 19.4 Å². The van der Waals surface area contributed by atoms with Gasteiger partial charge in [-0.25, -0.2) is 0 Å². The number of hydrogen-bond donors (Lipinski definition) is 3. The van der Waals surface area contributed by atoms with Crippen LogP contribution in [0.25, 0.3) is 0 Å². The fraction of sp³-hybridized carbons (Fsp3) is 0.467. The molecule has 0 bridgehead atoms. The van der Waals surface area contributed by atoms with E-state index in [0.717, 1.165) is 5.56 Å². The summed E-state index contributed by atoms with van der Waals surface area (Å²) in [6, 6.07) is 9.57. The zero-order valence-corrected chi connectivity index (χ0v) is 12.0. The second kappa shape index (κ2) is 9.90. The molecule has 1 rings (SSSR count). The highest BCUT2D eigenvalue weighted by Crippen LogP contribution is 1.98. The van der Waals surface area contributed by atoms with E-state index in [1.165, 1.54) is 0 Å². The number of rotatable bonds is 10. The maximum Gasteiger partial charge on any atom is 0.304 e. The summed E-state index contributed by atoms with van der Waals surface area (Å²) in [7, 11) is 0. The van der Waals surface area contributed by atoms with E-state index in [2.05, 4.69) is 5.32 Å². The lowest BCUT2D eigenvalue weighted by molar-refractivity contribution is -0.137. The van der Waals surface area contributed by atoms with Crippen LogP contribution in [0.5, 0.6) is 0 Å². The minimum Gasteiger partial charge on any atom is -0.481 e. The maximum atomic E-state index is 11.9. The fourth-order valence-electron chi connectivity index (χ4n) is 1.87. The summed E-state index contributed by atoms with van der Waals surface area (Å²) in [6.07, 6.45) is 0.503. The standard InChI is InChI=1S/C15H22N2O4/c18-10-4-8-17(9-7-15(20)21)12-14(19)16-11-13-5-2-1-3-6-13/h1-3,5-6,18H,4,7-12H2,(H,16,19)(H,20,21). The molecule has 21 heavy (non-hydrogen) atoms. The van der Waals surface area contributed by atoms with Crippen molar-refractivity contribution in [1.29, 1.82) is 0 Å². The molecule has 6 nitrogen and oxygen atoms in total. The van der Waals surface area contributed by atoms with Gasteiger partial charge in [-0.2, -0.15) is 0 Å². The van der Waals surface area contributed by atoms with Crippen LogP contribution in [0.2, 0.25) is 0 Å². The number of hydrogen-bond acceptors (Lipinski definition) is 4. The summed E-state index contributed by atoms with van der Waals surface area (Å²) in [5.41, 5.74) is 1.01. The summed E-state index contributed by atoms with van der Waals surface area (Å²) in [5, 5.41) is 20.3. The van der Waals surface area contributed by atoms with Gasteiger partial charge in [-0.1, -0.05) is 30.3 Å². The first-order chi connectivity index (χ1) is 10.1. The molecular weight excluding hydrogens is 272 g/mol. The molecule has 6 heteroatoms. The number of carbonyl (C=O) groups is 2. The largest absolute Gasteiger partial charge is 0.481 e. The normalized spacial score (nSPS) is 10.6. The Balaban J connectivity index is 2.37. The lowest BCUT2D eigenvalue weighted by Gasteiger charge is -2.20. The van der Waals surface area contributed by atoms with E-state index >= 15 is 0 Å². The third-order valence-corrected chi connectivity index (χ3v) is 2.97. The number of aliphatic carboxylic acids is 1. The predicted octanol–water partition coefficient (Wildman–Crippen LogP) is 0.462. The number of benzene rings is 1. The van der Waals surface area contributed by atoms with Crippen LogP contribution in [0, 0.1) is 0 Å². The van der Waals surface area contributed by atoms with Gasteiger partial charge in [-0.05, 0) is 12.0 Å². The smallest absolute Gasteiger partial charge is 0.304 e. The molecule has 0 fully saturated rings. The van der Waals surface area contributed by atoms with Crippen LogP contribution in [-0.2, 0) is 16.1 Å². The van der Waals surface area contributed by atoms with Crippen molar-refractivity contribution in [3.63, 3.8) is 0 Å². The molecule has 0 aliphatic carbocycles. The van der Waals surface area contributed by atoms with Crippen molar-refractivity contribution in [3.05, 3.63) is 35.9 Å². The fourth-order valence-corrected chi connectivity index (χ4v) is 1.87.